The van der Waals surface area contributed by atoms with E-state index in [4.69, 9.17) is 13.9 Å². The Morgan fingerprint density at radius 3 is 2.61 bits per heavy atom. The summed E-state index contributed by atoms with van der Waals surface area (Å²) in [6.07, 6.45) is 1.32. The molecule has 5 heteroatoms. The van der Waals surface area contributed by atoms with Crippen LogP contribution in [0.2, 0.25) is 0 Å². The molecule has 0 aliphatic carbocycles. The fourth-order valence-electron chi connectivity index (χ4n) is 3.11. The van der Waals surface area contributed by atoms with Crippen molar-refractivity contribution in [2.75, 3.05) is 7.11 Å². The molecule has 0 radical (unpaired) electrons. The van der Waals surface area contributed by atoms with E-state index in [1.54, 1.807) is 13.2 Å². The Morgan fingerprint density at radius 1 is 1.00 bits per heavy atom. The summed E-state index contributed by atoms with van der Waals surface area (Å²) >= 11 is 0. The second-order valence-electron chi connectivity index (χ2n) is 6.27. The Morgan fingerprint density at radius 2 is 1.82 bits per heavy atom. The summed E-state index contributed by atoms with van der Waals surface area (Å²) in [4.78, 5) is 12.3. The van der Waals surface area contributed by atoms with E-state index in [1.165, 1.54) is 12.3 Å². The van der Waals surface area contributed by atoms with Crippen molar-refractivity contribution in [3.63, 3.8) is 0 Å². The highest BCUT2D eigenvalue weighted by molar-refractivity contribution is 5.93. The molecular formula is C23H18O5. The quantitative estimate of drug-likeness (QED) is 0.546. The molecule has 0 atom stereocenters. The van der Waals surface area contributed by atoms with Crippen molar-refractivity contribution in [2.24, 2.45) is 0 Å². The van der Waals surface area contributed by atoms with Crippen molar-refractivity contribution in [3.05, 3.63) is 88.8 Å². The molecule has 0 aliphatic heterocycles. The first kappa shape index (κ1) is 17.7. The molecule has 28 heavy (non-hydrogen) atoms. The monoisotopic (exact) mass is 374 g/mol. The fraction of sp³-hybridized carbons (Fsp3) is 0.0870. The molecule has 0 saturated heterocycles. The molecule has 140 valence electrons. The Hall–Kier alpha value is -3.73. The molecule has 1 aromatic heterocycles. The minimum atomic E-state index is -0.329. The lowest BCUT2D eigenvalue weighted by atomic mass is 10.0. The van der Waals surface area contributed by atoms with Gasteiger partial charge in [-0.25, -0.2) is 0 Å². The number of fused-ring (bicyclic) bond motifs is 1. The Balaban J connectivity index is 1.83. The molecule has 1 heterocycles. The number of phenolic OH excluding ortho intramolecular Hbond substituents is 1. The maximum absolute atomic E-state index is 12.3. The summed E-state index contributed by atoms with van der Waals surface area (Å²) in [5.41, 5.74) is 2.33. The lowest BCUT2D eigenvalue weighted by molar-refractivity contribution is 0.290. The molecule has 5 nitrogen and oxygen atoms in total. The smallest absolute Gasteiger partial charge is 0.196 e. The third-order valence-corrected chi connectivity index (χ3v) is 4.48. The van der Waals surface area contributed by atoms with Crippen LogP contribution in [0.15, 0.2) is 82.2 Å². The Bertz CT molecular complexity index is 1180. The summed E-state index contributed by atoms with van der Waals surface area (Å²) in [6.45, 7) is 0.203. The molecule has 3 aromatic carbocycles. The van der Waals surface area contributed by atoms with Crippen molar-refractivity contribution in [1.29, 1.82) is 0 Å². The molecule has 0 fully saturated rings. The topological polar surface area (TPSA) is 68.9 Å². The van der Waals surface area contributed by atoms with Gasteiger partial charge in [0.15, 0.2) is 16.9 Å². The lowest BCUT2D eigenvalue weighted by Crippen LogP contribution is -2.03. The molecule has 1 N–H and O–H groups in total. The lowest BCUT2D eigenvalue weighted by Gasteiger charge is -2.15. The number of hydrogen-bond acceptors (Lipinski definition) is 5. The summed E-state index contributed by atoms with van der Waals surface area (Å²) in [7, 11) is 1.60. The van der Waals surface area contributed by atoms with E-state index in [1.807, 2.05) is 54.6 Å². The number of methoxy groups -OCH3 is 1. The van der Waals surface area contributed by atoms with Gasteiger partial charge in [0.1, 0.15) is 23.3 Å². The van der Waals surface area contributed by atoms with E-state index in [9.17, 15) is 9.90 Å². The van der Waals surface area contributed by atoms with E-state index >= 15 is 0 Å². The van der Waals surface area contributed by atoms with Crippen molar-refractivity contribution in [3.8, 4) is 28.4 Å². The molecule has 0 saturated carbocycles. The van der Waals surface area contributed by atoms with Crippen LogP contribution in [0.25, 0.3) is 22.1 Å². The van der Waals surface area contributed by atoms with E-state index in [0.717, 1.165) is 11.1 Å². The SMILES string of the molecule is COc1cccc(COc2c(-c3ccccc3)cc3occc(=O)c3c2O)c1. The molecule has 0 unspecified atom stereocenters. The number of benzene rings is 3. The molecule has 4 rings (SSSR count). The highest BCUT2D eigenvalue weighted by Crippen LogP contribution is 2.42. The number of phenols is 1. The molecular weight excluding hydrogens is 356 g/mol. The van der Waals surface area contributed by atoms with Crippen LogP contribution in [0, 0.1) is 0 Å². The molecule has 0 spiro atoms. The minimum absolute atomic E-state index is 0.0998. The Kier molecular flexibility index (Phi) is 4.72. The van der Waals surface area contributed by atoms with Gasteiger partial charge in [0, 0.05) is 11.6 Å². The van der Waals surface area contributed by atoms with E-state index in [0.29, 0.717) is 16.9 Å². The van der Waals surface area contributed by atoms with Gasteiger partial charge in [-0.15, -0.1) is 0 Å². The van der Waals surface area contributed by atoms with Crippen LogP contribution in [0.4, 0.5) is 0 Å². The first-order valence-corrected chi connectivity index (χ1v) is 8.76. The average molecular weight is 374 g/mol. The standard InChI is InChI=1S/C23H18O5/c1-26-17-9-5-6-15(12-17)14-28-23-18(16-7-3-2-4-8-16)13-20-21(22(23)25)19(24)10-11-27-20/h2-13,25H,14H2,1H3. The fourth-order valence-corrected chi connectivity index (χ4v) is 3.11. The summed E-state index contributed by atoms with van der Waals surface area (Å²) in [6, 6.07) is 19.9. The van der Waals surface area contributed by atoms with Gasteiger partial charge < -0.3 is 19.0 Å². The maximum atomic E-state index is 12.3. The van der Waals surface area contributed by atoms with E-state index < -0.39 is 0 Å². The van der Waals surface area contributed by atoms with Gasteiger partial charge in [0.25, 0.3) is 0 Å². The summed E-state index contributed by atoms with van der Waals surface area (Å²) in [5.74, 6) is 0.723. The zero-order valence-electron chi connectivity index (χ0n) is 15.2. The zero-order chi connectivity index (χ0) is 19.5. The molecule has 0 bridgehead atoms. The van der Waals surface area contributed by atoms with Crippen LogP contribution in [0.1, 0.15) is 5.56 Å². The van der Waals surface area contributed by atoms with Crippen LogP contribution >= 0.6 is 0 Å². The van der Waals surface area contributed by atoms with Crippen LogP contribution in [-0.4, -0.2) is 12.2 Å². The van der Waals surface area contributed by atoms with Crippen molar-refractivity contribution < 1.29 is 19.0 Å². The zero-order valence-corrected chi connectivity index (χ0v) is 15.2. The molecule has 0 aliphatic rings. The summed E-state index contributed by atoms with van der Waals surface area (Å²) < 4.78 is 16.7. The van der Waals surface area contributed by atoms with Gasteiger partial charge in [-0.2, -0.15) is 0 Å². The number of hydrogen-bond donors (Lipinski definition) is 1. The maximum Gasteiger partial charge on any atom is 0.196 e. The normalized spacial score (nSPS) is 10.8. The third-order valence-electron chi connectivity index (χ3n) is 4.48. The average Bonchev–Trinajstić information content (AvgIpc) is 2.73. The second-order valence-corrected chi connectivity index (χ2v) is 6.27. The van der Waals surface area contributed by atoms with Gasteiger partial charge in [0.05, 0.1) is 13.4 Å². The van der Waals surface area contributed by atoms with E-state index in [2.05, 4.69) is 0 Å². The second kappa shape index (κ2) is 7.48. The van der Waals surface area contributed by atoms with Crippen LogP contribution in [0.5, 0.6) is 17.2 Å². The van der Waals surface area contributed by atoms with Gasteiger partial charge in [-0.1, -0.05) is 42.5 Å². The number of rotatable bonds is 5. The van der Waals surface area contributed by atoms with Crippen molar-refractivity contribution >= 4 is 11.0 Å². The predicted molar refractivity (Wildman–Crippen MR) is 107 cm³/mol. The number of aromatic hydroxyl groups is 1. The van der Waals surface area contributed by atoms with Gasteiger partial charge in [0.2, 0.25) is 0 Å². The highest BCUT2D eigenvalue weighted by Gasteiger charge is 2.19. The van der Waals surface area contributed by atoms with Gasteiger partial charge in [-0.3, -0.25) is 4.79 Å². The third kappa shape index (κ3) is 3.30. The van der Waals surface area contributed by atoms with E-state index in [-0.39, 0.29) is 28.9 Å². The minimum Gasteiger partial charge on any atom is -0.504 e. The van der Waals surface area contributed by atoms with Crippen LogP contribution in [0.3, 0.4) is 0 Å². The molecule has 4 aromatic rings. The Labute approximate surface area is 161 Å². The van der Waals surface area contributed by atoms with Crippen LogP contribution < -0.4 is 14.9 Å². The first-order chi connectivity index (χ1) is 13.7. The predicted octanol–water partition coefficient (Wildman–Crippen LogP) is 4.75. The summed E-state index contributed by atoms with van der Waals surface area (Å²) in [5, 5.41) is 10.9. The van der Waals surface area contributed by atoms with Crippen molar-refractivity contribution in [1.82, 2.24) is 0 Å². The molecule has 0 amide bonds. The van der Waals surface area contributed by atoms with Crippen LogP contribution in [-0.2, 0) is 6.61 Å². The largest absolute Gasteiger partial charge is 0.504 e. The first-order valence-electron chi connectivity index (χ1n) is 8.76. The highest BCUT2D eigenvalue weighted by atomic mass is 16.5. The van der Waals surface area contributed by atoms with Gasteiger partial charge >= 0.3 is 0 Å². The van der Waals surface area contributed by atoms with Crippen molar-refractivity contribution in [2.45, 2.75) is 6.61 Å². The number of ether oxygens (including phenoxy) is 2. The van der Waals surface area contributed by atoms with Gasteiger partial charge in [-0.05, 0) is 29.3 Å².